The highest BCUT2D eigenvalue weighted by molar-refractivity contribution is 5.94. The minimum absolute atomic E-state index is 0.0805. The molecule has 0 fully saturated rings. The zero-order valence-electron chi connectivity index (χ0n) is 15.9. The van der Waals surface area contributed by atoms with Crippen LogP contribution in [0.1, 0.15) is 27.6 Å². The van der Waals surface area contributed by atoms with E-state index in [9.17, 15) is 18.0 Å². The minimum atomic E-state index is -4.51. The summed E-state index contributed by atoms with van der Waals surface area (Å²) >= 11 is 0. The van der Waals surface area contributed by atoms with Crippen LogP contribution in [0.5, 0.6) is 5.75 Å². The van der Waals surface area contributed by atoms with Crippen LogP contribution in [0, 0.1) is 6.92 Å². The second-order valence-corrected chi connectivity index (χ2v) is 6.12. The molecule has 3 aromatic rings. The molecule has 0 saturated carbocycles. The zero-order valence-corrected chi connectivity index (χ0v) is 15.9. The van der Waals surface area contributed by atoms with Gasteiger partial charge in [0.25, 0.3) is 5.91 Å². The Morgan fingerprint density at radius 2 is 1.93 bits per heavy atom. The van der Waals surface area contributed by atoms with E-state index in [-0.39, 0.29) is 31.4 Å². The van der Waals surface area contributed by atoms with Gasteiger partial charge in [-0.25, -0.2) is 4.98 Å². The molecule has 0 atom stereocenters. The predicted molar refractivity (Wildman–Crippen MR) is 99.9 cm³/mol. The maximum Gasteiger partial charge on any atom is 0.419 e. The lowest BCUT2D eigenvalue weighted by atomic mass is 10.2. The van der Waals surface area contributed by atoms with Crippen molar-refractivity contribution in [1.82, 2.24) is 20.4 Å². The van der Waals surface area contributed by atoms with Crippen molar-refractivity contribution in [2.24, 2.45) is 0 Å². The van der Waals surface area contributed by atoms with Gasteiger partial charge < -0.3 is 19.9 Å². The Balaban J connectivity index is 1.45. The van der Waals surface area contributed by atoms with Crippen LogP contribution in [0.25, 0.3) is 0 Å². The smallest absolute Gasteiger partial charge is 0.419 e. The molecule has 2 heterocycles. The molecule has 0 aliphatic rings. The van der Waals surface area contributed by atoms with Crippen LogP contribution in [0.15, 0.2) is 47.1 Å². The number of hydrogen-bond donors (Lipinski definition) is 2. The Labute approximate surface area is 169 Å². The van der Waals surface area contributed by atoms with Crippen LogP contribution in [0.2, 0.25) is 0 Å². The molecule has 8 nitrogen and oxygen atoms in total. The molecule has 0 unspecified atom stereocenters. The Morgan fingerprint density at radius 3 is 2.60 bits per heavy atom. The topological polar surface area (TPSA) is 102 Å². The summed E-state index contributed by atoms with van der Waals surface area (Å²) in [4.78, 5) is 19.9. The second-order valence-electron chi connectivity index (χ2n) is 6.12. The fraction of sp³-hybridized carbons (Fsp3) is 0.263. The molecular formula is C19H18F3N5O3. The fourth-order valence-corrected chi connectivity index (χ4v) is 2.48. The largest absolute Gasteiger partial charge is 0.485 e. The van der Waals surface area contributed by atoms with Gasteiger partial charge in [-0.05, 0) is 36.4 Å². The maximum atomic E-state index is 12.9. The summed E-state index contributed by atoms with van der Waals surface area (Å²) in [5.74, 6) is 0.716. The van der Waals surface area contributed by atoms with E-state index >= 15 is 0 Å². The lowest BCUT2D eigenvalue weighted by Gasteiger charge is -2.13. The van der Waals surface area contributed by atoms with Crippen LogP contribution in [-0.2, 0) is 12.8 Å². The van der Waals surface area contributed by atoms with Crippen molar-refractivity contribution in [3.63, 3.8) is 0 Å². The number of rotatable bonds is 8. The molecule has 2 N–H and O–H groups in total. The molecule has 1 aromatic carbocycles. The number of hydrogen-bond acceptors (Lipinski definition) is 7. The summed E-state index contributed by atoms with van der Waals surface area (Å²) in [6.45, 7) is 1.99. The highest BCUT2D eigenvalue weighted by Gasteiger charge is 2.33. The Hall–Kier alpha value is -3.63. The monoisotopic (exact) mass is 421 g/mol. The molecule has 1 amide bonds. The first-order valence-corrected chi connectivity index (χ1v) is 8.89. The van der Waals surface area contributed by atoms with Crippen molar-refractivity contribution in [3.05, 3.63) is 65.4 Å². The van der Waals surface area contributed by atoms with Crippen molar-refractivity contribution in [3.8, 4) is 5.75 Å². The number of halogens is 3. The molecule has 0 bridgehead atoms. The van der Waals surface area contributed by atoms with Gasteiger partial charge in [0.15, 0.2) is 6.61 Å². The van der Waals surface area contributed by atoms with Crippen LogP contribution >= 0.6 is 0 Å². The average molecular weight is 421 g/mol. The molecule has 158 valence electrons. The quantitative estimate of drug-likeness (QED) is 0.539. The van der Waals surface area contributed by atoms with Crippen LogP contribution < -0.4 is 15.4 Å². The van der Waals surface area contributed by atoms with Crippen LogP contribution in [-0.4, -0.2) is 34.1 Å². The molecule has 2 aromatic heterocycles. The van der Waals surface area contributed by atoms with E-state index in [1.165, 1.54) is 12.3 Å². The lowest BCUT2D eigenvalue weighted by molar-refractivity contribution is -0.137. The van der Waals surface area contributed by atoms with Crippen molar-refractivity contribution in [2.45, 2.75) is 19.7 Å². The number of aromatic nitrogens is 3. The number of carbonyl (C=O) groups excluding carboxylic acids is 1. The van der Waals surface area contributed by atoms with Crippen LogP contribution in [0.4, 0.5) is 19.0 Å². The van der Waals surface area contributed by atoms with Gasteiger partial charge in [0.2, 0.25) is 11.7 Å². The maximum absolute atomic E-state index is 12.9. The van der Waals surface area contributed by atoms with E-state index in [4.69, 9.17) is 9.26 Å². The molecule has 0 aliphatic heterocycles. The van der Waals surface area contributed by atoms with Gasteiger partial charge in [0.05, 0.1) is 5.56 Å². The van der Waals surface area contributed by atoms with Gasteiger partial charge in [0.1, 0.15) is 11.6 Å². The van der Waals surface area contributed by atoms with Gasteiger partial charge in [-0.15, -0.1) is 0 Å². The van der Waals surface area contributed by atoms with Gasteiger partial charge >= 0.3 is 6.18 Å². The summed E-state index contributed by atoms with van der Waals surface area (Å²) in [5, 5.41) is 8.92. The number of amides is 1. The third kappa shape index (κ3) is 5.69. The normalized spacial score (nSPS) is 11.2. The third-order valence-electron chi connectivity index (χ3n) is 3.87. The van der Waals surface area contributed by atoms with E-state index in [0.717, 1.165) is 6.07 Å². The highest BCUT2D eigenvalue weighted by Crippen LogP contribution is 2.33. The lowest BCUT2D eigenvalue weighted by Crippen LogP contribution is -2.29. The number of nitrogens with zero attached hydrogens (tertiary/aromatic N) is 3. The average Bonchev–Trinajstić information content (AvgIpc) is 3.14. The summed E-state index contributed by atoms with van der Waals surface area (Å²) in [6, 6.07) is 8.52. The predicted octanol–water partition coefficient (Wildman–Crippen LogP) is 3.21. The molecule has 3 rings (SSSR count). The van der Waals surface area contributed by atoms with Gasteiger partial charge in [0, 0.05) is 31.8 Å². The number of alkyl halides is 3. The number of aryl methyl sites for hydroxylation is 1. The molecule has 0 aliphatic carbocycles. The Kier molecular flexibility index (Phi) is 6.50. The van der Waals surface area contributed by atoms with E-state index < -0.39 is 11.7 Å². The van der Waals surface area contributed by atoms with E-state index in [1.54, 1.807) is 31.2 Å². The molecule has 0 spiro atoms. The van der Waals surface area contributed by atoms with Crippen molar-refractivity contribution >= 4 is 11.7 Å². The van der Waals surface area contributed by atoms with Gasteiger partial charge in [-0.1, -0.05) is 5.16 Å². The first-order chi connectivity index (χ1) is 14.3. The van der Waals surface area contributed by atoms with Crippen molar-refractivity contribution in [2.75, 3.05) is 18.4 Å². The van der Waals surface area contributed by atoms with Gasteiger partial charge in [-0.3, -0.25) is 4.79 Å². The fourth-order valence-electron chi connectivity index (χ4n) is 2.48. The SMILES string of the molecule is Cc1nc(COc2ccc(C(=O)NCCNc3ncccc3C(F)(F)F)cc2)no1. The van der Waals surface area contributed by atoms with Gasteiger partial charge in [-0.2, -0.15) is 18.2 Å². The van der Waals surface area contributed by atoms with E-state index in [2.05, 4.69) is 25.8 Å². The summed E-state index contributed by atoms with van der Waals surface area (Å²) in [5.41, 5.74) is -0.477. The molecule has 30 heavy (non-hydrogen) atoms. The van der Waals surface area contributed by atoms with Crippen LogP contribution in [0.3, 0.4) is 0 Å². The molecule has 11 heteroatoms. The Bertz CT molecular complexity index is 990. The summed E-state index contributed by atoms with van der Waals surface area (Å²) < 4.78 is 49.1. The molecule has 0 saturated heterocycles. The number of nitrogens with one attached hydrogen (secondary N) is 2. The number of benzene rings is 1. The Morgan fingerprint density at radius 1 is 1.17 bits per heavy atom. The number of ether oxygens (including phenoxy) is 1. The standard InChI is InChI=1S/C19H18F3N5O3/c1-12-26-16(27-30-12)11-29-14-6-4-13(5-7-14)18(28)25-10-9-24-17-15(19(20,21)22)3-2-8-23-17/h2-8H,9-11H2,1H3,(H,23,24)(H,25,28). The number of anilines is 1. The minimum Gasteiger partial charge on any atom is -0.485 e. The first-order valence-electron chi connectivity index (χ1n) is 8.89. The first kappa shape index (κ1) is 21.1. The van der Waals surface area contributed by atoms with E-state index in [0.29, 0.717) is 23.0 Å². The highest BCUT2D eigenvalue weighted by atomic mass is 19.4. The zero-order chi connectivity index (χ0) is 21.6. The number of carbonyl (C=O) groups is 1. The third-order valence-corrected chi connectivity index (χ3v) is 3.87. The van der Waals surface area contributed by atoms with E-state index in [1.807, 2.05) is 0 Å². The van der Waals surface area contributed by atoms with Crippen molar-refractivity contribution in [1.29, 1.82) is 0 Å². The second kappa shape index (κ2) is 9.25. The summed E-state index contributed by atoms with van der Waals surface area (Å²) in [7, 11) is 0. The summed E-state index contributed by atoms with van der Waals surface area (Å²) in [6.07, 6.45) is -3.24. The number of pyridine rings is 1. The van der Waals surface area contributed by atoms with Crippen molar-refractivity contribution < 1.29 is 27.2 Å². The molecule has 0 radical (unpaired) electrons. The molecular weight excluding hydrogens is 403 g/mol.